The van der Waals surface area contributed by atoms with E-state index in [9.17, 15) is 0 Å². The predicted octanol–water partition coefficient (Wildman–Crippen LogP) is 1.33. The molecule has 3 aliphatic heterocycles. The van der Waals surface area contributed by atoms with Gasteiger partial charge in [0, 0.05) is 43.9 Å². The minimum atomic E-state index is 0.720. The molecule has 3 fully saturated rings. The number of hydrogen-bond acceptors (Lipinski definition) is 3. The molecule has 3 nitrogen and oxygen atoms in total. The van der Waals surface area contributed by atoms with Gasteiger partial charge in [0.15, 0.2) is 0 Å². The maximum Gasteiger partial charge on any atom is 0.0622 e. The van der Waals surface area contributed by atoms with E-state index in [0.717, 1.165) is 37.4 Å². The van der Waals surface area contributed by atoms with Crippen LogP contribution in [0, 0.1) is 0 Å². The van der Waals surface area contributed by atoms with Gasteiger partial charge in [0.1, 0.15) is 0 Å². The molecule has 0 aliphatic carbocycles. The fraction of sp³-hybridized carbons (Fsp3) is 1.00. The van der Waals surface area contributed by atoms with E-state index >= 15 is 0 Å². The first-order chi connectivity index (χ1) is 7.75. The molecule has 0 aromatic carbocycles. The zero-order valence-corrected chi connectivity index (χ0v) is 10.6. The highest BCUT2D eigenvalue weighted by atomic mass is 16.5. The summed E-state index contributed by atoms with van der Waals surface area (Å²) in [6, 6.07) is 3.08. The van der Waals surface area contributed by atoms with Crippen LogP contribution in [-0.2, 0) is 4.74 Å². The van der Waals surface area contributed by atoms with Crippen LogP contribution in [-0.4, -0.2) is 60.3 Å². The molecule has 3 aliphatic rings. The number of hydrogen-bond donors (Lipinski definition) is 0. The number of piperazine rings is 1. The molecule has 0 spiro atoms. The van der Waals surface area contributed by atoms with Crippen LogP contribution >= 0.6 is 0 Å². The van der Waals surface area contributed by atoms with Gasteiger partial charge in [-0.15, -0.1) is 0 Å². The van der Waals surface area contributed by atoms with Crippen molar-refractivity contribution in [2.45, 2.75) is 57.3 Å². The zero-order valence-electron chi connectivity index (χ0n) is 10.6. The lowest BCUT2D eigenvalue weighted by atomic mass is 10.1. The molecule has 0 aromatic heterocycles. The van der Waals surface area contributed by atoms with E-state index < -0.39 is 0 Å². The predicted molar refractivity (Wildman–Crippen MR) is 64.6 cm³/mol. The van der Waals surface area contributed by atoms with Crippen LogP contribution in [0.3, 0.4) is 0 Å². The van der Waals surface area contributed by atoms with Crippen LogP contribution in [0.4, 0.5) is 0 Å². The minimum absolute atomic E-state index is 0.720. The van der Waals surface area contributed by atoms with E-state index in [-0.39, 0.29) is 0 Å². The number of fused-ring (bicyclic) bond motifs is 2. The van der Waals surface area contributed by atoms with Crippen molar-refractivity contribution in [3.63, 3.8) is 0 Å². The standard InChI is InChI=1S/C13H24N2O/c1-10(2)15-11-3-4-12(15)8-14(7-11)13-5-6-16-9-13/h10-13H,3-9H2,1-2H3. The molecule has 2 bridgehead atoms. The molecule has 0 radical (unpaired) electrons. The molecule has 92 valence electrons. The topological polar surface area (TPSA) is 15.7 Å². The second-order valence-electron chi connectivity index (χ2n) is 5.90. The summed E-state index contributed by atoms with van der Waals surface area (Å²) in [6.45, 7) is 9.20. The van der Waals surface area contributed by atoms with Crippen LogP contribution in [0.5, 0.6) is 0 Å². The first-order valence-electron chi connectivity index (χ1n) is 6.85. The van der Waals surface area contributed by atoms with E-state index in [1.54, 1.807) is 0 Å². The van der Waals surface area contributed by atoms with Crippen LogP contribution in [0.15, 0.2) is 0 Å². The van der Waals surface area contributed by atoms with E-state index in [4.69, 9.17) is 4.74 Å². The van der Waals surface area contributed by atoms with E-state index in [2.05, 4.69) is 23.6 Å². The second kappa shape index (κ2) is 4.28. The van der Waals surface area contributed by atoms with Gasteiger partial charge < -0.3 is 4.74 Å². The maximum atomic E-state index is 5.52. The van der Waals surface area contributed by atoms with Crippen LogP contribution < -0.4 is 0 Å². The van der Waals surface area contributed by atoms with Crippen molar-refractivity contribution >= 4 is 0 Å². The molecule has 3 heterocycles. The van der Waals surface area contributed by atoms with Gasteiger partial charge in [-0.05, 0) is 33.1 Å². The highest BCUT2D eigenvalue weighted by molar-refractivity contribution is 4.99. The normalized spacial score (nSPS) is 41.1. The monoisotopic (exact) mass is 224 g/mol. The summed E-state index contributed by atoms with van der Waals surface area (Å²) in [5.74, 6) is 0. The summed E-state index contributed by atoms with van der Waals surface area (Å²) in [5, 5.41) is 0. The molecular weight excluding hydrogens is 200 g/mol. The third-order valence-corrected chi connectivity index (χ3v) is 4.59. The number of ether oxygens (including phenoxy) is 1. The molecule has 0 N–H and O–H groups in total. The fourth-order valence-corrected chi connectivity index (χ4v) is 3.92. The molecule has 3 rings (SSSR count). The molecule has 0 saturated carbocycles. The smallest absolute Gasteiger partial charge is 0.0622 e. The van der Waals surface area contributed by atoms with Crippen molar-refractivity contribution in [3.8, 4) is 0 Å². The summed E-state index contributed by atoms with van der Waals surface area (Å²) in [5.41, 5.74) is 0. The number of nitrogens with zero attached hydrogens (tertiary/aromatic N) is 2. The highest BCUT2D eigenvalue weighted by Crippen LogP contribution is 2.33. The number of likely N-dealkylation sites (tertiary alicyclic amines) is 1. The largest absolute Gasteiger partial charge is 0.380 e. The Hall–Kier alpha value is -0.120. The van der Waals surface area contributed by atoms with Crippen molar-refractivity contribution < 1.29 is 4.74 Å². The van der Waals surface area contributed by atoms with Crippen molar-refractivity contribution in [1.29, 1.82) is 0 Å². The van der Waals surface area contributed by atoms with Gasteiger partial charge in [-0.3, -0.25) is 9.80 Å². The van der Waals surface area contributed by atoms with Crippen LogP contribution in [0.2, 0.25) is 0 Å². The Kier molecular flexibility index (Phi) is 2.94. The van der Waals surface area contributed by atoms with E-state index in [1.165, 1.54) is 32.4 Å². The fourth-order valence-electron chi connectivity index (χ4n) is 3.92. The molecule has 3 atom stereocenters. The van der Waals surface area contributed by atoms with Crippen molar-refractivity contribution in [3.05, 3.63) is 0 Å². The van der Waals surface area contributed by atoms with Gasteiger partial charge in [0.05, 0.1) is 6.61 Å². The van der Waals surface area contributed by atoms with Crippen LogP contribution in [0.25, 0.3) is 0 Å². The lowest BCUT2D eigenvalue weighted by Gasteiger charge is -2.45. The van der Waals surface area contributed by atoms with Gasteiger partial charge in [0.25, 0.3) is 0 Å². The Bertz CT molecular complexity index is 236. The van der Waals surface area contributed by atoms with Crippen molar-refractivity contribution in [2.24, 2.45) is 0 Å². The van der Waals surface area contributed by atoms with Gasteiger partial charge in [-0.1, -0.05) is 0 Å². The highest BCUT2D eigenvalue weighted by Gasteiger charge is 2.42. The molecular formula is C13H24N2O. The lowest BCUT2D eigenvalue weighted by Crippen LogP contribution is -2.58. The molecule has 0 amide bonds. The summed E-state index contributed by atoms with van der Waals surface area (Å²) >= 11 is 0. The molecule has 3 heteroatoms. The van der Waals surface area contributed by atoms with E-state index in [0.29, 0.717) is 0 Å². The Morgan fingerprint density at radius 3 is 2.19 bits per heavy atom. The summed E-state index contributed by atoms with van der Waals surface area (Å²) < 4.78 is 5.52. The van der Waals surface area contributed by atoms with Gasteiger partial charge >= 0.3 is 0 Å². The third kappa shape index (κ3) is 1.79. The quantitative estimate of drug-likeness (QED) is 0.704. The van der Waals surface area contributed by atoms with E-state index in [1.807, 2.05) is 0 Å². The van der Waals surface area contributed by atoms with Crippen LogP contribution in [0.1, 0.15) is 33.1 Å². The third-order valence-electron chi connectivity index (χ3n) is 4.59. The summed E-state index contributed by atoms with van der Waals surface area (Å²) in [6.07, 6.45) is 4.07. The average molecular weight is 224 g/mol. The molecule has 3 unspecified atom stereocenters. The van der Waals surface area contributed by atoms with Crippen molar-refractivity contribution in [1.82, 2.24) is 9.80 Å². The Balaban J connectivity index is 1.67. The summed E-state index contributed by atoms with van der Waals surface area (Å²) in [4.78, 5) is 5.46. The first kappa shape index (κ1) is 11.0. The molecule has 3 saturated heterocycles. The average Bonchev–Trinajstić information content (AvgIpc) is 2.85. The van der Waals surface area contributed by atoms with Gasteiger partial charge in [-0.25, -0.2) is 0 Å². The second-order valence-corrected chi connectivity index (χ2v) is 5.90. The first-order valence-corrected chi connectivity index (χ1v) is 6.85. The number of rotatable bonds is 2. The zero-order chi connectivity index (χ0) is 11.1. The summed E-state index contributed by atoms with van der Waals surface area (Å²) in [7, 11) is 0. The molecule has 0 aromatic rings. The Morgan fingerprint density at radius 1 is 1.00 bits per heavy atom. The maximum absolute atomic E-state index is 5.52. The minimum Gasteiger partial charge on any atom is -0.380 e. The van der Waals surface area contributed by atoms with Crippen molar-refractivity contribution in [2.75, 3.05) is 26.3 Å². The van der Waals surface area contributed by atoms with Gasteiger partial charge in [-0.2, -0.15) is 0 Å². The van der Waals surface area contributed by atoms with Gasteiger partial charge in [0.2, 0.25) is 0 Å². The lowest BCUT2D eigenvalue weighted by molar-refractivity contribution is 0.0191. The SMILES string of the molecule is CC(C)N1C2CCC1CN(C1CCOC1)C2. The Labute approximate surface area is 98.7 Å². The molecule has 16 heavy (non-hydrogen) atoms. The Morgan fingerprint density at radius 2 is 1.69 bits per heavy atom.